The van der Waals surface area contributed by atoms with Crippen molar-refractivity contribution in [3.8, 4) is 0 Å². The number of aryl methyl sites for hydroxylation is 1. The average Bonchev–Trinajstić information content (AvgIpc) is 2.92. The Balaban J connectivity index is 2.14. The predicted octanol–water partition coefficient (Wildman–Crippen LogP) is 3.90. The van der Waals surface area contributed by atoms with Crippen LogP contribution in [0.3, 0.4) is 0 Å². The molecule has 112 valence electrons. The standard InChI is InChI=1S/C17H22N2O2/c1-4-11-18-13(3)14-7-5-6-8-15(14)19-17(20)16-10-9-12(2)21-16/h5-10,13,18H,4,11H2,1-3H3,(H,19,20). The van der Waals surface area contributed by atoms with E-state index in [2.05, 4.69) is 24.5 Å². The van der Waals surface area contributed by atoms with Gasteiger partial charge >= 0.3 is 0 Å². The fourth-order valence-electron chi connectivity index (χ4n) is 2.20. The summed E-state index contributed by atoms with van der Waals surface area (Å²) in [4.78, 5) is 12.2. The van der Waals surface area contributed by atoms with Crippen LogP contribution in [0, 0.1) is 6.92 Å². The molecule has 4 heteroatoms. The van der Waals surface area contributed by atoms with Crippen molar-refractivity contribution in [3.63, 3.8) is 0 Å². The maximum Gasteiger partial charge on any atom is 0.291 e. The summed E-state index contributed by atoms with van der Waals surface area (Å²) < 4.78 is 5.36. The van der Waals surface area contributed by atoms with E-state index in [-0.39, 0.29) is 11.9 Å². The van der Waals surface area contributed by atoms with Crippen LogP contribution in [-0.4, -0.2) is 12.5 Å². The second-order valence-electron chi connectivity index (χ2n) is 5.13. The van der Waals surface area contributed by atoms with Crippen LogP contribution >= 0.6 is 0 Å². The molecule has 0 bridgehead atoms. The van der Waals surface area contributed by atoms with Crippen molar-refractivity contribution in [3.05, 3.63) is 53.5 Å². The number of furan rings is 1. The summed E-state index contributed by atoms with van der Waals surface area (Å²) in [5.74, 6) is 0.834. The molecule has 1 amide bonds. The second-order valence-corrected chi connectivity index (χ2v) is 5.13. The third-order valence-corrected chi connectivity index (χ3v) is 3.34. The molecule has 0 aliphatic heterocycles. The van der Waals surface area contributed by atoms with Gasteiger partial charge in [-0.05, 0) is 50.6 Å². The Morgan fingerprint density at radius 3 is 2.67 bits per heavy atom. The highest BCUT2D eigenvalue weighted by atomic mass is 16.3. The van der Waals surface area contributed by atoms with Gasteiger partial charge in [-0.25, -0.2) is 0 Å². The van der Waals surface area contributed by atoms with Crippen LogP contribution < -0.4 is 10.6 Å². The van der Waals surface area contributed by atoms with Crippen molar-refractivity contribution < 1.29 is 9.21 Å². The van der Waals surface area contributed by atoms with Gasteiger partial charge in [0, 0.05) is 11.7 Å². The summed E-state index contributed by atoms with van der Waals surface area (Å²) in [6.45, 7) is 6.99. The molecule has 0 aliphatic rings. The highest BCUT2D eigenvalue weighted by Gasteiger charge is 2.14. The normalized spacial score (nSPS) is 12.1. The molecule has 2 aromatic rings. The molecule has 0 saturated heterocycles. The molecule has 1 heterocycles. The number of hydrogen-bond donors (Lipinski definition) is 2. The Hall–Kier alpha value is -2.07. The van der Waals surface area contributed by atoms with E-state index in [0.717, 1.165) is 30.0 Å². The largest absolute Gasteiger partial charge is 0.456 e. The molecule has 0 spiro atoms. The summed E-state index contributed by atoms with van der Waals surface area (Å²) in [6, 6.07) is 11.5. The molecule has 0 aliphatic carbocycles. The van der Waals surface area contributed by atoms with E-state index in [1.165, 1.54) is 0 Å². The molecule has 1 atom stereocenters. The van der Waals surface area contributed by atoms with Gasteiger partial charge in [0.15, 0.2) is 5.76 Å². The van der Waals surface area contributed by atoms with Gasteiger partial charge in [0.25, 0.3) is 5.91 Å². The average molecular weight is 286 g/mol. The van der Waals surface area contributed by atoms with Crippen LogP contribution in [0.1, 0.15) is 48.2 Å². The minimum absolute atomic E-state index is 0.180. The summed E-state index contributed by atoms with van der Waals surface area (Å²) >= 11 is 0. The van der Waals surface area contributed by atoms with Crippen molar-refractivity contribution in [2.75, 3.05) is 11.9 Å². The van der Waals surface area contributed by atoms with Crippen LogP contribution in [0.4, 0.5) is 5.69 Å². The molecule has 0 fully saturated rings. The lowest BCUT2D eigenvalue weighted by Gasteiger charge is -2.17. The Kier molecular flexibility index (Phi) is 5.17. The summed E-state index contributed by atoms with van der Waals surface area (Å²) in [7, 11) is 0. The SMILES string of the molecule is CCCNC(C)c1ccccc1NC(=O)c1ccc(C)o1. The predicted molar refractivity (Wildman–Crippen MR) is 84.5 cm³/mol. The molecule has 1 unspecified atom stereocenters. The quantitative estimate of drug-likeness (QED) is 0.846. The van der Waals surface area contributed by atoms with E-state index < -0.39 is 0 Å². The zero-order valence-corrected chi connectivity index (χ0v) is 12.8. The van der Waals surface area contributed by atoms with E-state index in [0.29, 0.717) is 5.76 Å². The number of benzene rings is 1. The maximum absolute atomic E-state index is 12.2. The Bertz CT molecular complexity index is 604. The van der Waals surface area contributed by atoms with E-state index in [1.807, 2.05) is 31.2 Å². The molecule has 1 aromatic carbocycles. The third kappa shape index (κ3) is 3.95. The maximum atomic E-state index is 12.2. The van der Waals surface area contributed by atoms with Crippen LogP contribution in [0.15, 0.2) is 40.8 Å². The van der Waals surface area contributed by atoms with E-state index >= 15 is 0 Å². The minimum atomic E-state index is -0.224. The highest BCUT2D eigenvalue weighted by molar-refractivity contribution is 6.02. The van der Waals surface area contributed by atoms with E-state index in [4.69, 9.17) is 4.42 Å². The monoisotopic (exact) mass is 286 g/mol. The summed E-state index contributed by atoms with van der Waals surface area (Å²) in [5, 5.41) is 6.36. The molecule has 4 nitrogen and oxygen atoms in total. The van der Waals surface area contributed by atoms with Gasteiger partial charge in [-0.1, -0.05) is 25.1 Å². The molecule has 2 rings (SSSR count). The van der Waals surface area contributed by atoms with Crippen molar-refractivity contribution in [2.45, 2.75) is 33.2 Å². The van der Waals surface area contributed by atoms with Crippen LogP contribution in [0.25, 0.3) is 0 Å². The lowest BCUT2D eigenvalue weighted by atomic mass is 10.1. The van der Waals surface area contributed by atoms with Crippen LogP contribution in [0.2, 0.25) is 0 Å². The summed E-state index contributed by atoms with van der Waals surface area (Å²) in [5.41, 5.74) is 1.88. The lowest BCUT2D eigenvalue weighted by molar-refractivity contribution is 0.0995. The van der Waals surface area contributed by atoms with Crippen molar-refractivity contribution >= 4 is 11.6 Å². The van der Waals surface area contributed by atoms with Gasteiger partial charge in [0.2, 0.25) is 0 Å². The van der Waals surface area contributed by atoms with Gasteiger partial charge in [-0.15, -0.1) is 0 Å². The van der Waals surface area contributed by atoms with Crippen molar-refractivity contribution in [1.82, 2.24) is 5.32 Å². The number of carbonyl (C=O) groups excluding carboxylic acids is 1. The molecule has 21 heavy (non-hydrogen) atoms. The number of rotatable bonds is 6. The number of anilines is 1. The smallest absolute Gasteiger partial charge is 0.291 e. The zero-order valence-electron chi connectivity index (χ0n) is 12.8. The van der Waals surface area contributed by atoms with Crippen molar-refractivity contribution in [2.24, 2.45) is 0 Å². The van der Waals surface area contributed by atoms with Gasteiger partial charge in [-0.2, -0.15) is 0 Å². The van der Waals surface area contributed by atoms with E-state index in [9.17, 15) is 4.79 Å². The fourth-order valence-corrected chi connectivity index (χ4v) is 2.20. The first-order valence-electron chi connectivity index (χ1n) is 7.32. The van der Waals surface area contributed by atoms with Gasteiger partial charge in [0.05, 0.1) is 0 Å². The first kappa shape index (κ1) is 15.3. The zero-order chi connectivity index (χ0) is 15.2. The molecule has 2 N–H and O–H groups in total. The number of amides is 1. The third-order valence-electron chi connectivity index (χ3n) is 3.34. The van der Waals surface area contributed by atoms with Crippen LogP contribution in [0.5, 0.6) is 0 Å². The van der Waals surface area contributed by atoms with Gasteiger partial charge < -0.3 is 15.1 Å². The fraction of sp³-hybridized carbons (Fsp3) is 0.353. The minimum Gasteiger partial charge on any atom is -0.456 e. The Morgan fingerprint density at radius 1 is 1.24 bits per heavy atom. The second kappa shape index (κ2) is 7.09. The number of carbonyl (C=O) groups is 1. The molecule has 0 radical (unpaired) electrons. The number of hydrogen-bond acceptors (Lipinski definition) is 3. The summed E-state index contributed by atoms with van der Waals surface area (Å²) in [6.07, 6.45) is 1.07. The van der Waals surface area contributed by atoms with Crippen LogP contribution in [-0.2, 0) is 0 Å². The molecular weight excluding hydrogens is 264 g/mol. The Morgan fingerprint density at radius 2 is 2.00 bits per heavy atom. The van der Waals surface area contributed by atoms with E-state index in [1.54, 1.807) is 12.1 Å². The topological polar surface area (TPSA) is 54.3 Å². The van der Waals surface area contributed by atoms with Gasteiger partial charge in [-0.3, -0.25) is 4.79 Å². The number of nitrogens with one attached hydrogen (secondary N) is 2. The molecular formula is C17H22N2O2. The Labute approximate surface area is 125 Å². The molecule has 0 saturated carbocycles. The molecule has 1 aromatic heterocycles. The number of para-hydroxylation sites is 1. The highest BCUT2D eigenvalue weighted by Crippen LogP contribution is 2.23. The first-order chi connectivity index (χ1) is 10.1. The lowest BCUT2D eigenvalue weighted by Crippen LogP contribution is -2.21. The first-order valence-corrected chi connectivity index (χ1v) is 7.32. The van der Waals surface area contributed by atoms with Crippen molar-refractivity contribution in [1.29, 1.82) is 0 Å². The van der Waals surface area contributed by atoms with Gasteiger partial charge in [0.1, 0.15) is 5.76 Å².